The Morgan fingerprint density at radius 2 is 2.00 bits per heavy atom. The lowest BCUT2D eigenvalue weighted by Gasteiger charge is -2.08. The van der Waals surface area contributed by atoms with Crippen molar-refractivity contribution in [2.75, 3.05) is 5.32 Å². The Morgan fingerprint density at radius 1 is 1.24 bits per heavy atom. The smallest absolute Gasteiger partial charge is 0.265 e. The van der Waals surface area contributed by atoms with Crippen LogP contribution in [0, 0.1) is 13.8 Å². The average Bonchev–Trinajstić information content (AvgIpc) is 2.72. The zero-order chi connectivity index (χ0) is 12.4. The normalized spacial score (nSPS) is 10.2. The van der Waals surface area contributed by atoms with Crippen LogP contribution in [0.2, 0.25) is 0 Å². The van der Waals surface area contributed by atoms with Gasteiger partial charge in [0.1, 0.15) is 5.75 Å². The van der Waals surface area contributed by atoms with E-state index < -0.39 is 0 Å². The highest BCUT2D eigenvalue weighted by molar-refractivity contribution is 7.14. The van der Waals surface area contributed by atoms with Crippen LogP contribution in [0.25, 0.3) is 0 Å². The molecule has 0 aliphatic heterocycles. The number of rotatable bonds is 2. The third-order valence-electron chi connectivity index (χ3n) is 2.52. The van der Waals surface area contributed by atoms with Crippen molar-refractivity contribution in [2.24, 2.45) is 0 Å². The number of aryl methyl sites for hydroxylation is 1. The molecule has 1 amide bonds. The molecule has 0 bridgehead atoms. The van der Waals surface area contributed by atoms with E-state index in [0.29, 0.717) is 16.1 Å². The molecule has 1 aromatic carbocycles. The van der Waals surface area contributed by atoms with Gasteiger partial charge in [-0.3, -0.25) is 4.79 Å². The molecule has 0 radical (unpaired) electrons. The van der Waals surface area contributed by atoms with E-state index in [0.717, 1.165) is 4.88 Å². The second-order valence-corrected chi connectivity index (χ2v) is 5.10. The lowest BCUT2D eigenvalue weighted by Crippen LogP contribution is -2.10. The molecule has 0 saturated carbocycles. The van der Waals surface area contributed by atoms with E-state index >= 15 is 0 Å². The Hall–Kier alpha value is -1.81. The maximum absolute atomic E-state index is 11.9. The number of anilines is 1. The Balaban J connectivity index is 2.21. The molecule has 0 fully saturated rings. The van der Waals surface area contributed by atoms with Crippen LogP contribution < -0.4 is 5.32 Å². The molecule has 0 aliphatic rings. The van der Waals surface area contributed by atoms with E-state index in [-0.39, 0.29) is 11.7 Å². The number of carbonyl (C=O) groups is 1. The Bertz CT molecular complexity index is 560. The van der Waals surface area contributed by atoms with Crippen molar-refractivity contribution in [1.29, 1.82) is 0 Å². The van der Waals surface area contributed by atoms with Crippen molar-refractivity contribution in [1.82, 2.24) is 0 Å². The molecular weight excluding hydrogens is 234 g/mol. The number of nitrogens with one attached hydrogen (secondary N) is 1. The summed E-state index contributed by atoms with van der Waals surface area (Å²) >= 11 is 1.45. The Labute approximate surface area is 104 Å². The minimum absolute atomic E-state index is 0.142. The van der Waals surface area contributed by atoms with Gasteiger partial charge in [-0.15, -0.1) is 11.3 Å². The number of aromatic hydroxyl groups is 1. The molecule has 0 atom stereocenters. The van der Waals surface area contributed by atoms with Crippen LogP contribution in [0.15, 0.2) is 30.3 Å². The molecule has 3 nitrogen and oxygen atoms in total. The van der Waals surface area contributed by atoms with E-state index in [4.69, 9.17) is 0 Å². The zero-order valence-electron chi connectivity index (χ0n) is 9.65. The summed E-state index contributed by atoms with van der Waals surface area (Å²) in [6.07, 6.45) is 0. The van der Waals surface area contributed by atoms with Crippen LogP contribution in [0.4, 0.5) is 5.69 Å². The summed E-state index contributed by atoms with van der Waals surface area (Å²) in [6, 6.07) is 8.79. The number of phenols is 1. The minimum atomic E-state index is -0.142. The fraction of sp³-hybridized carbons (Fsp3) is 0.154. The summed E-state index contributed by atoms with van der Waals surface area (Å²) in [7, 11) is 0. The van der Waals surface area contributed by atoms with Crippen LogP contribution in [0.5, 0.6) is 5.75 Å². The third-order valence-corrected chi connectivity index (χ3v) is 3.52. The summed E-state index contributed by atoms with van der Waals surface area (Å²) in [5.41, 5.74) is 1.31. The van der Waals surface area contributed by atoms with Gasteiger partial charge in [0, 0.05) is 16.1 Å². The zero-order valence-corrected chi connectivity index (χ0v) is 10.5. The number of thiophene rings is 1. The molecule has 2 aromatic rings. The fourth-order valence-corrected chi connectivity index (χ4v) is 2.26. The molecular formula is C13H13NO2S. The lowest BCUT2D eigenvalue weighted by atomic mass is 10.2. The summed E-state index contributed by atoms with van der Waals surface area (Å²) < 4.78 is 0. The molecule has 0 spiro atoms. The second kappa shape index (κ2) is 4.59. The van der Waals surface area contributed by atoms with Gasteiger partial charge in [0.25, 0.3) is 5.91 Å². The van der Waals surface area contributed by atoms with Crippen molar-refractivity contribution in [2.45, 2.75) is 13.8 Å². The van der Waals surface area contributed by atoms with Gasteiger partial charge in [0.2, 0.25) is 0 Å². The first-order valence-electron chi connectivity index (χ1n) is 5.24. The standard InChI is InChI=1S/C13H13NO2S/c1-8-6-7-12(17-8)13(16)14-10-4-3-5-11(15)9(10)2/h3-7,15H,1-2H3,(H,14,16). The van der Waals surface area contributed by atoms with Gasteiger partial charge in [0.05, 0.1) is 4.88 Å². The van der Waals surface area contributed by atoms with Gasteiger partial charge in [-0.1, -0.05) is 6.07 Å². The largest absolute Gasteiger partial charge is 0.508 e. The fourth-order valence-electron chi connectivity index (χ4n) is 1.50. The van der Waals surface area contributed by atoms with E-state index in [1.54, 1.807) is 31.2 Å². The van der Waals surface area contributed by atoms with Gasteiger partial charge in [-0.05, 0) is 38.1 Å². The highest BCUT2D eigenvalue weighted by Crippen LogP contribution is 2.25. The summed E-state index contributed by atoms with van der Waals surface area (Å²) in [5, 5.41) is 12.3. The molecule has 2 rings (SSSR count). The van der Waals surface area contributed by atoms with Crippen LogP contribution >= 0.6 is 11.3 Å². The number of carbonyl (C=O) groups excluding carboxylic acids is 1. The first-order chi connectivity index (χ1) is 8.08. The second-order valence-electron chi connectivity index (χ2n) is 3.81. The predicted octanol–water partition coefficient (Wildman–Crippen LogP) is 3.32. The topological polar surface area (TPSA) is 49.3 Å². The van der Waals surface area contributed by atoms with Crippen LogP contribution in [-0.4, -0.2) is 11.0 Å². The lowest BCUT2D eigenvalue weighted by molar-refractivity contribution is 0.103. The Morgan fingerprint density at radius 3 is 2.65 bits per heavy atom. The molecule has 2 N–H and O–H groups in total. The van der Waals surface area contributed by atoms with E-state index in [2.05, 4.69) is 5.32 Å². The van der Waals surface area contributed by atoms with Crippen LogP contribution in [-0.2, 0) is 0 Å². The summed E-state index contributed by atoms with van der Waals surface area (Å²) in [6.45, 7) is 3.73. The molecule has 88 valence electrons. The van der Waals surface area contributed by atoms with Crippen molar-refractivity contribution in [3.05, 3.63) is 45.6 Å². The summed E-state index contributed by atoms with van der Waals surface area (Å²) in [5.74, 6) is 0.0435. The van der Waals surface area contributed by atoms with E-state index in [9.17, 15) is 9.90 Å². The number of benzene rings is 1. The number of amides is 1. The molecule has 0 saturated heterocycles. The van der Waals surface area contributed by atoms with Crippen molar-refractivity contribution in [3.63, 3.8) is 0 Å². The minimum Gasteiger partial charge on any atom is -0.508 e. The van der Waals surface area contributed by atoms with Gasteiger partial charge in [-0.25, -0.2) is 0 Å². The molecule has 4 heteroatoms. The summed E-state index contributed by atoms with van der Waals surface area (Å²) in [4.78, 5) is 13.7. The maximum atomic E-state index is 11.9. The SMILES string of the molecule is Cc1ccc(C(=O)Nc2cccc(O)c2C)s1. The van der Waals surface area contributed by atoms with Crippen molar-refractivity contribution >= 4 is 22.9 Å². The molecule has 17 heavy (non-hydrogen) atoms. The van der Waals surface area contributed by atoms with Gasteiger partial charge < -0.3 is 10.4 Å². The van der Waals surface area contributed by atoms with Crippen molar-refractivity contribution in [3.8, 4) is 5.75 Å². The van der Waals surface area contributed by atoms with E-state index in [1.165, 1.54) is 11.3 Å². The molecule has 1 heterocycles. The van der Waals surface area contributed by atoms with E-state index in [1.807, 2.05) is 13.0 Å². The first kappa shape index (κ1) is 11.7. The number of hydrogen-bond donors (Lipinski definition) is 2. The maximum Gasteiger partial charge on any atom is 0.265 e. The quantitative estimate of drug-likeness (QED) is 0.855. The van der Waals surface area contributed by atoms with Gasteiger partial charge in [-0.2, -0.15) is 0 Å². The number of hydrogen-bond acceptors (Lipinski definition) is 3. The third kappa shape index (κ3) is 2.47. The number of phenolic OH excluding ortho intramolecular Hbond substituents is 1. The highest BCUT2D eigenvalue weighted by Gasteiger charge is 2.10. The van der Waals surface area contributed by atoms with Gasteiger partial charge >= 0.3 is 0 Å². The van der Waals surface area contributed by atoms with Crippen molar-refractivity contribution < 1.29 is 9.90 Å². The highest BCUT2D eigenvalue weighted by atomic mass is 32.1. The molecule has 0 unspecified atom stereocenters. The molecule has 1 aromatic heterocycles. The monoisotopic (exact) mass is 247 g/mol. The predicted molar refractivity (Wildman–Crippen MR) is 69.9 cm³/mol. The Kier molecular flexibility index (Phi) is 3.15. The van der Waals surface area contributed by atoms with Gasteiger partial charge in [0.15, 0.2) is 0 Å². The van der Waals surface area contributed by atoms with Crippen LogP contribution in [0.3, 0.4) is 0 Å². The average molecular weight is 247 g/mol. The van der Waals surface area contributed by atoms with Crippen LogP contribution in [0.1, 0.15) is 20.1 Å². The first-order valence-corrected chi connectivity index (χ1v) is 6.06. The molecule has 0 aliphatic carbocycles.